The number of esters is 2. The molecule has 0 saturated heterocycles. The SMILES string of the molecule is COC(=O)/C=C/n1cc(C(=O)OC)cc1N. The van der Waals surface area contributed by atoms with E-state index < -0.39 is 11.9 Å². The van der Waals surface area contributed by atoms with E-state index in [0.717, 1.165) is 0 Å². The lowest BCUT2D eigenvalue weighted by atomic mass is 10.3. The van der Waals surface area contributed by atoms with Gasteiger partial charge in [-0.25, -0.2) is 9.59 Å². The maximum atomic E-state index is 11.2. The number of anilines is 1. The van der Waals surface area contributed by atoms with Gasteiger partial charge in [-0.3, -0.25) is 0 Å². The number of ether oxygens (including phenoxy) is 2. The van der Waals surface area contributed by atoms with Crippen LogP contribution >= 0.6 is 0 Å². The van der Waals surface area contributed by atoms with Crippen LogP contribution in [0.15, 0.2) is 18.3 Å². The Bertz CT molecular complexity index is 434. The van der Waals surface area contributed by atoms with Gasteiger partial charge in [-0.1, -0.05) is 0 Å². The van der Waals surface area contributed by atoms with Crippen molar-refractivity contribution in [2.24, 2.45) is 0 Å². The highest BCUT2D eigenvalue weighted by molar-refractivity contribution is 5.91. The van der Waals surface area contributed by atoms with Crippen LogP contribution in [0.2, 0.25) is 0 Å². The van der Waals surface area contributed by atoms with Gasteiger partial charge in [-0.05, 0) is 6.07 Å². The average molecular weight is 224 g/mol. The molecule has 0 atom stereocenters. The summed E-state index contributed by atoms with van der Waals surface area (Å²) in [5.74, 6) is -0.676. The zero-order chi connectivity index (χ0) is 12.1. The summed E-state index contributed by atoms with van der Waals surface area (Å²) in [7, 11) is 2.55. The molecule has 1 aromatic rings. The van der Waals surface area contributed by atoms with E-state index in [1.165, 1.54) is 43.3 Å². The van der Waals surface area contributed by atoms with Gasteiger partial charge in [-0.15, -0.1) is 0 Å². The molecule has 6 heteroatoms. The van der Waals surface area contributed by atoms with Crippen molar-refractivity contribution < 1.29 is 19.1 Å². The number of nitrogens with zero attached hydrogens (tertiary/aromatic N) is 1. The fraction of sp³-hybridized carbons (Fsp3) is 0.200. The molecule has 2 N–H and O–H groups in total. The minimum absolute atomic E-state index is 0.314. The van der Waals surface area contributed by atoms with E-state index in [9.17, 15) is 9.59 Å². The second kappa shape index (κ2) is 5.01. The third kappa shape index (κ3) is 2.63. The topological polar surface area (TPSA) is 83.5 Å². The summed E-state index contributed by atoms with van der Waals surface area (Å²) in [5.41, 5.74) is 5.93. The zero-order valence-electron chi connectivity index (χ0n) is 8.97. The Morgan fingerprint density at radius 2 is 2.06 bits per heavy atom. The maximum Gasteiger partial charge on any atom is 0.339 e. The second-order valence-electron chi connectivity index (χ2n) is 2.89. The molecule has 0 aliphatic heterocycles. The van der Waals surface area contributed by atoms with E-state index in [0.29, 0.717) is 11.4 Å². The molecule has 0 aliphatic rings. The van der Waals surface area contributed by atoms with Gasteiger partial charge in [0.15, 0.2) is 0 Å². The fourth-order valence-corrected chi connectivity index (χ4v) is 1.06. The molecule has 1 heterocycles. The van der Waals surface area contributed by atoms with E-state index in [1.54, 1.807) is 0 Å². The Morgan fingerprint density at radius 1 is 1.38 bits per heavy atom. The number of hydrogen-bond donors (Lipinski definition) is 1. The van der Waals surface area contributed by atoms with Crippen LogP contribution in [0.3, 0.4) is 0 Å². The van der Waals surface area contributed by atoms with Gasteiger partial charge in [0.2, 0.25) is 0 Å². The van der Waals surface area contributed by atoms with Gasteiger partial charge in [0, 0.05) is 18.5 Å². The van der Waals surface area contributed by atoms with Crippen molar-refractivity contribution in [1.29, 1.82) is 0 Å². The molecule has 86 valence electrons. The van der Waals surface area contributed by atoms with Crippen molar-refractivity contribution in [2.45, 2.75) is 0 Å². The summed E-state index contributed by atoms with van der Waals surface area (Å²) in [4.78, 5) is 22.0. The van der Waals surface area contributed by atoms with E-state index in [-0.39, 0.29) is 0 Å². The maximum absolute atomic E-state index is 11.2. The number of carbonyl (C=O) groups excluding carboxylic acids is 2. The summed E-state index contributed by atoms with van der Waals surface area (Å²) < 4.78 is 10.4. The van der Waals surface area contributed by atoms with Gasteiger partial charge in [0.05, 0.1) is 19.8 Å². The molecule has 0 radical (unpaired) electrons. The van der Waals surface area contributed by atoms with Crippen LogP contribution in [0.25, 0.3) is 6.20 Å². The normalized spacial score (nSPS) is 10.4. The van der Waals surface area contributed by atoms with Crippen LogP contribution in [0.5, 0.6) is 0 Å². The highest BCUT2D eigenvalue weighted by atomic mass is 16.5. The van der Waals surface area contributed by atoms with Crippen LogP contribution in [0.1, 0.15) is 10.4 Å². The van der Waals surface area contributed by atoms with Crippen LogP contribution in [0, 0.1) is 0 Å². The van der Waals surface area contributed by atoms with Crippen molar-refractivity contribution in [3.8, 4) is 0 Å². The molecule has 0 amide bonds. The van der Waals surface area contributed by atoms with E-state index in [2.05, 4.69) is 9.47 Å². The Hall–Kier alpha value is -2.24. The first kappa shape index (κ1) is 11.8. The molecule has 6 nitrogen and oxygen atoms in total. The Morgan fingerprint density at radius 3 is 2.62 bits per heavy atom. The largest absolute Gasteiger partial charge is 0.466 e. The van der Waals surface area contributed by atoms with E-state index in [4.69, 9.17) is 5.73 Å². The van der Waals surface area contributed by atoms with E-state index >= 15 is 0 Å². The van der Waals surface area contributed by atoms with Gasteiger partial charge >= 0.3 is 11.9 Å². The molecule has 0 aromatic carbocycles. The third-order valence-electron chi connectivity index (χ3n) is 1.87. The molecule has 1 aromatic heterocycles. The van der Waals surface area contributed by atoms with Gasteiger partial charge in [0.25, 0.3) is 0 Å². The van der Waals surface area contributed by atoms with Gasteiger partial charge in [-0.2, -0.15) is 0 Å². The number of rotatable bonds is 3. The number of carbonyl (C=O) groups is 2. The molecule has 0 unspecified atom stereocenters. The van der Waals surface area contributed by atoms with Crippen molar-refractivity contribution in [1.82, 2.24) is 4.57 Å². The van der Waals surface area contributed by atoms with Crippen molar-refractivity contribution in [2.75, 3.05) is 20.0 Å². The zero-order valence-corrected chi connectivity index (χ0v) is 8.97. The minimum Gasteiger partial charge on any atom is -0.466 e. The summed E-state index contributed by atoms with van der Waals surface area (Å²) in [5, 5.41) is 0. The average Bonchev–Trinajstić information content (AvgIpc) is 2.66. The summed E-state index contributed by atoms with van der Waals surface area (Å²) in [6, 6.07) is 1.45. The minimum atomic E-state index is -0.507. The third-order valence-corrected chi connectivity index (χ3v) is 1.87. The first-order valence-corrected chi connectivity index (χ1v) is 4.40. The molecule has 0 fully saturated rings. The van der Waals surface area contributed by atoms with Crippen molar-refractivity contribution >= 4 is 24.0 Å². The number of nitrogen functional groups attached to an aromatic ring is 1. The molecule has 16 heavy (non-hydrogen) atoms. The van der Waals surface area contributed by atoms with Crippen LogP contribution in [-0.2, 0) is 14.3 Å². The molecule has 0 bridgehead atoms. The molecular weight excluding hydrogens is 212 g/mol. The number of hydrogen-bond acceptors (Lipinski definition) is 5. The van der Waals surface area contributed by atoms with Crippen LogP contribution in [0.4, 0.5) is 5.82 Å². The number of aromatic nitrogens is 1. The lowest BCUT2D eigenvalue weighted by Crippen LogP contribution is -1.99. The smallest absolute Gasteiger partial charge is 0.339 e. The predicted octanol–water partition coefficient (Wildman–Crippen LogP) is 0.501. The Balaban J connectivity index is 2.90. The summed E-state index contributed by atoms with van der Waals surface area (Å²) >= 11 is 0. The summed E-state index contributed by atoms with van der Waals surface area (Å²) in [6.45, 7) is 0. The van der Waals surface area contributed by atoms with Crippen LogP contribution < -0.4 is 5.73 Å². The molecule has 0 spiro atoms. The fourth-order valence-electron chi connectivity index (χ4n) is 1.06. The lowest BCUT2D eigenvalue weighted by molar-refractivity contribution is -0.134. The second-order valence-corrected chi connectivity index (χ2v) is 2.89. The quantitative estimate of drug-likeness (QED) is 0.597. The molecule has 0 saturated carbocycles. The Labute approximate surface area is 92.2 Å². The standard InChI is InChI=1S/C10H12N2O4/c1-15-9(13)3-4-12-6-7(5-8(12)11)10(14)16-2/h3-6H,11H2,1-2H3/b4-3+. The van der Waals surface area contributed by atoms with Crippen molar-refractivity contribution in [3.63, 3.8) is 0 Å². The van der Waals surface area contributed by atoms with Gasteiger partial charge < -0.3 is 19.8 Å². The van der Waals surface area contributed by atoms with Gasteiger partial charge in [0.1, 0.15) is 5.82 Å². The molecular formula is C10H12N2O4. The summed E-state index contributed by atoms with van der Waals surface area (Å²) in [6.07, 6.45) is 4.05. The highest BCUT2D eigenvalue weighted by Gasteiger charge is 2.09. The molecule has 1 rings (SSSR count). The molecule has 0 aliphatic carbocycles. The Kier molecular flexibility index (Phi) is 3.71. The first-order chi connectivity index (χ1) is 7.58. The number of methoxy groups -OCH3 is 2. The highest BCUT2D eigenvalue weighted by Crippen LogP contribution is 2.12. The predicted molar refractivity (Wildman–Crippen MR) is 57.5 cm³/mol. The lowest BCUT2D eigenvalue weighted by Gasteiger charge is -1.96. The van der Waals surface area contributed by atoms with E-state index in [1.807, 2.05) is 0 Å². The first-order valence-electron chi connectivity index (χ1n) is 4.40. The monoisotopic (exact) mass is 224 g/mol. The van der Waals surface area contributed by atoms with Crippen molar-refractivity contribution in [3.05, 3.63) is 23.9 Å². The number of nitrogens with two attached hydrogens (primary N) is 1. The van der Waals surface area contributed by atoms with Crippen LogP contribution in [-0.4, -0.2) is 30.7 Å².